The normalized spacial score (nSPS) is 10.9. The molecule has 0 aliphatic heterocycles. The molecule has 0 saturated carbocycles. The third-order valence-corrected chi connectivity index (χ3v) is 6.02. The van der Waals surface area contributed by atoms with Gasteiger partial charge in [0.25, 0.3) is 15.9 Å². The van der Waals surface area contributed by atoms with E-state index in [4.69, 9.17) is 10.5 Å². The van der Waals surface area contributed by atoms with Crippen LogP contribution in [-0.2, 0) is 14.8 Å². The molecule has 0 aliphatic carbocycles. The van der Waals surface area contributed by atoms with Crippen molar-refractivity contribution in [1.82, 2.24) is 0 Å². The Bertz CT molecular complexity index is 1230. The van der Waals surface area contributed by atoms with Crippen LogP contribution >= 0.6 is 0 Å². The van der Waals surface area contributed by atoms with Crippen molar-refractivity contribution in [2.75, 3.05) is 16.6 Å². The van der Waals surface area contributed by atoms with E-state index in [0.717, 1.165) is 11.1 Å². The van der Waals surface area contributed by atoms with Crippen molar-refractivity contribution < 1.29 is 22.7 Å². The van der Waals surface area contributed by atoms with Crippen molar-refractivity contribution in [3.05, 3.63) is 83.4 Å². The molecule has 0 bridgehead atoms. The smallest absolute Gasteiger partial charge is 0.262 e. The molecule has 32 heavy (non-hydrogen) atoms. The summed E-state index contributed by atoms with van der Waals surface area (Å²) in [6, 6.07) is 17.5. The number of ether oxygens (including phenoxy) is 1. The molecule has 0 aromatic heterocycles. The predicted octanol–water partition coefficient (Wildman–Crippen LogP) is 3.22. The number of anilines is 2. The van der Waals surface area contributed by atoms with E-state index in [1.54, 1.807) is 18.2 Å². The molecule has 9 heteroatoms. The molecular weight excluding hydrogens is 430 g/mol. The number of amides is 2. The van der Waals surface area contributed by atoms with Crippen molar-refractivity contribution >= 4 is 33.2 Å². The number of benzene rings is 3. The van der Waals surface area contributed by atoms with E-state index in [9.17, 15) is 18.0 Å². The first-order valence-electron chi connectivity index (χ1n) is 9.67. The van der Waals surface area contributed by atoms with Crippen molar-refractivity contribution in [2.24, 2.45) is 5.73 Å². The molecule has 3 rings (SSSR count). The van der Waals surface area contributed by atoms with Crippen LogP contribution in [0.2, 0.25) is 0 Å². The zero-order valence-corrected chi connectivity index (χ0v) is 18.4. The number of carbonyl (C=O) groups excluding carboxylic acids is 2. The van der Waals surface area contributed by atoms with E-state index in [1.807, 2.05) is 32.0 Å². The Labute approximate surface area is 186 Å². The molecule has 8 nitrogen and oxygen atoms in total. The third-order valence-electron chi connectivity index (χ3n) is 4.65. The van der Waals surface area contributed by atoms with Gasteiger partial charge < -0.3 is 15.8 Å². The van der Waals surface area contributed by atoms with Gasteiger partial charge >= 0.3 is 0 Å². The maximum Gasteiger partial charge on any atom is 0.262 e. The SMILES string of the molecule is Cc1cccc(C)c1NS(=O)(=O)c1ccc(NC(=O)COc2cccc(C(N)=O)c2)cc1. The van der Waals surface area contributed by atoms with Crippen LogP contribution in [0.1, 0.15) is 21.5 Å². The van der Waals surface area contributed by atoms with E-state index in [0.29, 0.717) is 17.1 Å². The fourth-order valence-corrected chi connectivity index (χ4v) is 4.17. The molecule has 0 aliphatic rings. The number of primary amides is 1. The first kappa shape index (κ1) is 22.8. The van der Waals surface area contributed by atoms with Crippen LogP contribution in [-0.4, -0.2) is 26.8 Å². The van der Waals surface area contributed by atoms with Gasteiger partial charge in [-0.05, 0) is 67.4 Å². The molecular formula is C23H23N3O5S. The zero-order chi connectivity index (χ0) is 23.3. The first-order valence-corrected chi connectivity index (χ1v) is 11.2. The summed E-state index contributed by atoms with van der Waals surface area (Å²) in [6.07, 6.45) is 0. The third kappa shape index (κ3) is 5.64. The Morgan fingerprint density at radius 3 is 2.19 bits per heavy atom. The van der Waals surface area contributed by atoms with Crippen LogP contribution in [0.5, 0.6) is 5.75 Å². The average molecular weight is 454 g/mol. The summed E-state index contributed by atoms with van der Waals surface area (Å²) < 4.78 is 33.4. The molecule has 0 unspecified atom stereocenters. The lowest BCUT2D eigenvalue weighted by atomic mass is 10.1. The Morgan fingerprint density at radius 2 is 1.56 bits per heavy atom. The molecule has 3 aromatic rings. The second-order valence-corrected chi connectivity index (χ2v) is 8.81. The Balaban J connectivity index is 1.62. The molecule has 0 saturated heterocycles. The van der Waals surface area contributed by atoms with Gasteiger partial charge in [0.05, 0.1) is 10.6 Å². The van der Waals surface area contributed by atoms with Gasteiger partial charge in [0.1, 0.15) is 5.75 Å². The highest BCUT2D eigenvalue weighted by molar-refractivity contribution is 7.92. The molecule has 0 spiro atoms. The number of carbonyl (C=O) groups is 2. The summed E-state index contributed by atoms with van der Waals surface area (Å²) in [5, 5.41) is 2.63. The van der Waals surface area contributed by atoms with Crippen LogP contribution in [0.25, 0.3) is 0 Å². The van der Waals surface area contributed by atoms with E-state index < -0.39 is 21.8 Å². The van der Waals surface area contributed by atoms with Gasteiger partial charge in [-0.15, -0.1) is 0 Å². The molecule has 0 radical (unpaired) electrons. The predicted molar refractivity (Wildman–Crippen MR) is 122 cm³/mol. The lowest BCUT2D eigenvalue weighted by Gasteiger charge is -2.13. The largest absolute Gasteiger partial charge is 0.484 e. The summed E-state index contributed by atoms with van der Waals surface area (Å²) in [5.74, 6) is -0.712. The number of aryl methyl sites for hydroxylation is 2. The summed E-state index contributed by atoms with van der Waals surface area (Å²) in [7, 11) is -3.79. The minimum Gasteiger partial charge on any atom is -0.484 e. The topological polar surface area (TPSA) is 128 Å². The maximum absolute atomic E-state index is 12.7. The van der Waals surface area contributed by atoms with E-state index >= 15 is 0 Å². The molecule has 4 N–H and O–H groups in total. The summed E-state index contributed by atoms with van der Waals surface area (Å²) in [6.45, 7) is 3.36. The Kier molecular flexibility index (Phi) is 6.79. The number of rotatable bonds is 8. The van der Waals surface area contributed by atoms with Gasteiger partial charge in [0, 0.05) is 11.3 Å². The van der Waals surface area contributed by atoms with Crippen LogP contribution in [0.4, 0.5) is 11.4 Å². The number of nitrogens with one attached hydrogen (secondary N) is 2. The van der Waals surface area contributed by atoms with Crippen molar-refractivity contribution in [3.63, 3.8) is 0 Å². The van der Waals surface area contributed by atoms with E-state index in [1.165, 1.54) is 30.3 Å². The lowest BCUT2D eigenvalue weighted by Crippen LogP contribution is -2.20. The minimum atomic E-state index is -3.79. The second-order valence-electron chi connectivity index (χ2n) is 7.13. The van der Waals surface area contributed by atoms with E-state index in [-0.39, 0.29) is 17.1 Å². The lowest BCUT2D eigenvalue weighted by molar-refractivity contribution is -0.118. The van der Waals surface area contributed by atoms with Gasteiger partial charge in [0.15, 0.2) is 6.61 Å². The number of sulfonamides is 1. The van der Waals surface area contributed by atoms with Crippen LogP contribution in [0.3, 0.4) is 0 Å². The molecule has 3 aromatic carbocycles. The number of para-hydroxylation sites is 1. The fraction of sp³-hybridized carbons (Fsp3) is 0.130. The Morgan fingerprint density at radius 1 is 0.938 bits per heavy atom. The number of hydrogen-bond acceptors (Lipinski definition) is 5. The molecule has 0 fully saturated rings. The standard InChI is InChI=1S/C23H23N3O5S/c1-15-5-3-6-16(2)22(15)26-32(29,30)20-11-9-18(10-12-20)25-21(27)14-31-19-8-4-7-17(13-19)23(24)28/h3-13,26H,14H2,1-2H3,(H2,24,28)(H,25,27). The highest BCUT2D eigenvalue weighted by Crippen LogP contribution is 2.24. The van der Waals surface area contributed by atoms with Crippen LogP contribution in [0, 0.1) is 13.8 Å². The molecule has 0 heterocycles. The summed E-state index contributed by atoms with van der Waals surface area (Å²) in [5.41, 5.74) is 8.09. The average Bonchev–Trinajstić information content (AvgIpc) is 2.75. The highest BCUT2D eigenvalue weighted by Gasteiger charge is 2.16. The van der Waals surface area contributed by atoms with Gasteiger partial charge in [0.2, 0.25) is 5.91 Å². The number of nitrogens with two attached hydrogens (primary N) is 1. The quantitative estimate of drug-likeness (QED) is 0.483. The van der Waals surface area contributed by atoms with Gasteiger partial charge in [-0.1, -0.05) is 24.3 Å². The fourth-order valence-electron chi connectivity index (χ4n) is 2.97. The first-order chi connectivity index (χ1) is 15.2. The minimum absolute atomic E-state index is 0.0673. The maximum atomic E-state index is 12.7. The van der Waals surface area contributed by atoms with Gasteiger partial charge in [-0.25, -0.2) is 8.42 Å². The van der Waals surface area contributed by atoms with Crippen molar-refractivity contribution in [3.8, 4) is 5.75 Å². The molecule has 2 amide bonds. The van der Waals surface area contributed by atoms with E-state index in [2.05, 4.69) is 10.0 Å². The van der Waals surface area contributed by atoms with Crippen LogP contribution < -0.4 is 20.5 Å². The zero-order valence-electron chi connectivity index (χ0n) is 17.6. The molecule has 0 atom stereocenters. The summed E-state index contributed by atoms with van der Waals surface area (Å²) >= 11 is 0. The second kappa shape index (κ2) is 9.52. The Hall–Kier alpha value is -3.85. The van der Waals surface area contributed by atoms with Crippen LogP contribution in [0.15, 0.2) is 71.6 Å². The van der Waals surface area contributed by atoms with Gasteiger partial charge in [-0.2, -0.15) is 0 Å². The van der Waals surface area contributed by atoms with Gasteiger partial charge in [-0.3, -0.25) is 14.3 Å². The molecule has 166 valence electrons. The number of hydrogen-bond donors (Lipinski definition) is 3. The monoisotopic (exact) mass is 453 g/mol. The van der Waals surface area contributed by atoms with Crippen molar-refractivity contribution in [2.45, 2.75) is 18.7 Å². The summed E-state index contributed by atoms with van der Waals surface area (Å²) in [4.78, 5) is 23.4. The van der Waals surface area contributed by atoms with Crippen molar-refractivity contribution in [1.29, 1.82) is 0 Å². The highest BCUT2D eigenvalue weighted by atomic mass is 32.2.